The normalized spacial score (nSPS) is 11.7. The molecule has 0 saturated carbocycles. The lowest BCUT2D eigenvalue weighted by Gasteiger charge is -2.22. The van der Waals surface area contributed by atoms with E-state index < -0.39 is 0 Å². The van der Waals surface area contributed by atoms with Crippen LogP contribution in [-0.2, 0) is 6.54 Å². The molecule has 0 atom stereocenters. The number of aromatic amines is 1. The van der Waals surface area contributed by atoms with Crippen LogP contribution >= 0.6 is 11.8 Å². The third-order valence-electron chi connectivity index (χ3n) is 3.20. The molecule has 1 rings (SSSR count). The van der Waals surface area contributed by atoms with Gasteiger partial charge in [-0.1, -0.05) is 32.0 Å². The van der Waals surface area contributed by atoms with Crippen molar-refractivity contribution in [3.05, 3.63) is 10.5 Å². The van der Waals surface area contributed by atoms with E-state index >= 15 is 0 Å². The number of H-pyrrole nitrogens is 1. The molecule has 7 heteroatoms. The summed E-state index contributed by atoms with van der Waals surface area (Å²) in [6.45, 7) is 6.54. The van der Waals surface area contributed by atoms with E-state index in [9.17, 15) is 4.79 Å². The Morgan fingerprint density at radius 2 is 2.21 bits per heavy atom. The second-order valence-electron chi connectivity index (χ2n) is 5.16. The highest BCUT2D eigenvalue weighted by Crippen LogP contribution is 2.24. The number of nitrogens with one attached hydrogen (secondary N) is 2. The van der Waals surface area contributed by atoms with Gasteiger partial charge in [0.2, 0.25) is 0 Å². The Labute approximate surface area is 117 Å². The number of nitrogens with zero attached hydrogens (tertiary/aromatic N) is 2. The molecule has 1 aromatic rings. The van der Waals surface area contributed by atoms with Crippen molar-refractivity contribution >= 4 is 17.6 Å². The number of aromatic nitrogens is 3. The number of nitrogens with two attached hydrogens (primary N) is 1. The first-order valence-electron chi connectivity index (χ1n) is 6.51. The largest absolute Gasteiger partial charge is 0.387 e. The van der Waals surface area contributed by atoms with Crippen LogP contribution in [0.15, 0.2) is 9.95 Å². The molecule has 0 spiro atoms. The quantitative estimate of drug-likeness (QED) is 0.293. The van der Waals surface area contributed by atoms with E-state index in [0.29, 0.717) is 6.54 Å². The first-order chi connectivity index (χ1) is 8.88. The molecule has 0 unspecified atom stereocenters. The van der Waals surface area contributed by atoms with Gasteiger partial charge in [-0.25, -0.2) is 9.89 Å². The molecule has 4 N–H and O–H groups in total. The SMILES string of the molecule is CCn1c(SCCCCC(C)(C)C(=N)N)n[nH]c1=O. The maximum atomic E-state index is 11.4. The lowest BCUT2D eigenvalue weighted by molar-refractivity contribution is 0.448. The molecule has 1 aromatic heterocycles. The molecule has 19 heavy (non-hydrogen) atoms. The van der Waals surface area contributed by atoms with E-state index in [1.165, 1.54) is 0 Å². The van der Waals surface area contributed by atoms with Crippen molar-refractivity contribution in [3.63, 3.8) is 0 Å². The maximum Gasteiger partial charge on any atom is 0.343 e. The number of amidine groups is 1. The minimum absolute atomic E-state index is 0.150. The van der Waals surface area contributed by atoms with Gasteiger partial charge in [0.15, 0.2) is 5.16 Å². The molecule has 0 amide bonds. The van der Waals surface area contributed by atoms with Gasteiger partial charge in [0.25, 0.3) is 0 Å². The van der Waals surface area contributed by atoms with Crippen LogP contribution in [0.25, 0.3) is 0 Å². The van der Waals surface area contributed by atoms with Gasteiger partial charge in [0.1, 0.15) is 0 Å². The van der Waals surface area contributed by atoms with Crippen molar-refractivity contribution in [2.24, 2.45) is 11.1 Å². The molecule has 6 nitrogen and oxygen atoms in total. The summed E-state index contributed by atoms with van der Waals surface area (Å²) in [7, 11) is 0. The monoisotopic (exact) mass is 285 g/mol. The topological polar surface area (TPSA) is 101 Å². The van der Waals surface area contributed by atoms with Crippen molar-refractivity contribution in [1.29, 1.82) is 5.41 Å². The van der Waals surface area contributed by atoms with Crippen molar-refractivity contribution in [3.8, 4) is 0 Å². The number of unbranched alkanes of at least 4 members (excludes halogenated alkanes) is 1. The maximum absolute atomic E-state index is 11.4. The van der Waals surface area contributed by atoms with Crippen molar-refractivity contribution in [2.75, 3.05) is 5.75 Å². The molecule has 108 valence electrons. The minimum atomic E-state index is -0.220. The number of thioether (sulfide) groups is 1. The van der Waals surface area contributed by atoms with Crippen LogP contribution in [0.2, 0.25) is 0 Å². The minimum Gasteiger partial charge on any atom is -0.387 e. The van der Waals surface area contributed by atoms with Crippen LogP contribution in [0, 0.1) is 10.8 Å². The van der Waals surface area contributed by atoms with Gasteiger partial charge in [-0.15, -0.1) is 5.10 Å². The van der Waals surface area contributed by atoms with Gasteiger partial charge in [0, 0.05) is 17.7 Å². The summed E-state index contributed by atoms with van der Waals surface area (Å²) in [6, 6.07) is 0. The fourth-order valence-electron chi connectivity index (χ4n) is 1.66. The average molecular weight is 285 g/mol. The van der Waals surface area contributed by atoms with E-state index in [-0.39, 0.29) is 16.9 Å². The smallest absolute Gasteiger partial charge is 0.343 e. The first-order valence-corrected chi connectivity index (χ1v) is 7.49. The van der Waals surface area contributed by atoms with E-state index in [1.54, 1.807) is 16.3 Å². The van der Waals surface area contributed by atoms with Crippen LogP contribution in [-0.4, -0.2) is 26.4 Å². The molecule has 0 bridgehead atoms. The van der Waals surface area contributed by atoms with Crippen molar-refractivity contribution in [2.45, 2.75) is 51.7 Å². The summed E-state index contributed by atoms with van der Waals surface area (Å²) < 4.78 is 1.63. The third kappa shape index (κ3) is 4.41. The van der Waals surface area contributed by atoms with E-state index in [2.05, 4.69) is 10.2 Å². The number of hydrogen-bond donors (Lipinski definition) is 3. The molecule has 1 heterocycles. The van der Waals surface area contributed by atoms with Crippen LogP contribution < -0.4 is 11.4 Å². The highest BCUT2D eigenvalue weighted by Gasteiger charge is 2.20. The molecule has 0 fully saturated rings. The molecular weight excluding hydrogens is 262 g/mol. The van der Waals surface area contributed by atoms with Crippen LogP contribution in [0.4, 0.5) is 0 Å². The first kappa shape index (κ1) is 15.8. The van der Waals surface area contributed by atoms with Gasteiger partial charge in [0.05, 0.1) is 5.84 Å². The Morgan fingerprint density at radius 3 is 2.79 bits per heavy atom. The molecular formula is C12H23N5OS. The fourth-order valence-corrected chi connectivity index (χ4v) is 2.67. The predicted molar refractivity (Wildman–Crippen MR) is 78.8 cm³/mol. The van der Waals surface area contributed by atoms with Crippen molar-refractivity contribution in [1.82, 2.24) is 14.8 Å². The third-order valence-corrected chi connectivity index (χ3v) is 4.26. The highest BCUT2D eigenvalue weighted by molar-refractivity contribution is 7.99. The zero-order chi connectivity index (χ0) is 14.5. The summed E-state index contributed by atoms with van der Waals surface area (Å²) in [5, 5.41) is 14.7. The van der Waals surface area contributed by atoms with Gasteiger partial charge in [-0.3, -0.25) is 9.98 Å². The van der Waals surface area contributed by atoms with E-state index in [1.807, 2.05) is 20.8 Å². The summed E-state index contributed by atoms with van der Waals surface area (Å²) >= 11 is 1.59. The lowest BCUT2D eigenvalue weighted by Crippen LogP contribution is -2.30. The Bertz CT molecular complexity index is 477. The van der Waals surface area contributed by atoms with E-state index in [4.69, 9.17) is 11.1 Å². The average Bonchev–Trinajstić information content (AvgIpc) is 2.69. The Kier molecular flexibility index (Phi) is 5.65. The second-order valence-corrected chi connectivity index (χ2v) is 6.22. The summed E-state index contributed by atoms with van der Waals surface area (Å²) in [5.41, 5.74) is 5.17. The van der Waals surface area contributed by atoms with Gasteiger partial charge >= 0.3 is 5.69 Å². The lowest BCUT2D eigenvalue weighted by atomic mass is 9.86. The van der Waals surface area contributed by atoms with E-state index in [0.717, 1.165) is 30.2 Å². The van der Waals surface area contributed by atoms with Gasteiger partial charge < -0.3 is 5.73 Å². The highest BCUT2D eigenvalue weighted by atomic mass is 32.2. The predicted octanol–water partition coefficient (Wildman–Crippen LogP) is 1.82. The number of hydrogen-bond acceptors (Lipinski definition) is 4. The molecule has 0 aliphatic rings. The summed E-state index contributed by atoms with van der Waals surface area (Å²) in [4.78, 5) is 11.4. The zero-order valence-electron chi connectivity index (χ0n) is 11.8. The van der Waals surface area contributed by atoms with Crippen LogP contribution in [0.3, 0.4) is 0 Å². The zero-order valence-corrected chi connectivity index (χ0v) is 12.6. The van der Waals surface area contributed by atoms with Crippen LogP contribution in [0.5, 0.6) is 0 Å². The summed E-state index contributed by atoms with van der Waals surface area (Å²) in [5.74, 6) is 1.16. The fraction of sp³-hybridized carbons (Fsp3) is 0.750. The second kappa shape index (κ2) is 6.79. The summed E-state index contributed by atoms with van der Waals surface area (Å²) in [6.07, 6.45) is 2.94. The Morgan fingerprint density at radius 1 is 1.53 bits per heavy atom. The Hall–Kier alpha value is -1.24. The van der Waals surface area contributed by atoms with Gasteiger partial charge in [-0.05, 0) is 19.8 Å². The van der Waals surface area contributed by atoms with Gasteiger partial charge in [-0.2, -0.15) is 0 Å². The molecule has 0 aliphatic heterocycles. The molecule has 0 saturated heterocycles. The molecule has 0 aliphatic carbocycles. The van der Waals surface area contributed by atoms with Crippen molar-refractivity contribution < 1.29 is 0 Å². The van der Waals surface area contributed by atoms with Crippen LogP contribution in [0.1, 0.15) is 40.0 Å². The molecule has 0 radical (unpaired) electrons. The molecule has 0 aromatic carbocycles. The standard InChI is InChI=1S/C12H23N5OS/c1-4-17-10(18)15-16-11(17)19-8-6-5-7-12(2,3)9(13)14/h4-8H2,1-3H3,(H3,13,14)(H,15,18). The number of rotatable bonds is 8. The Balaban J connectivity index is 2.32.